The van der Waals surface area contributed by atoms with E-state index in [1.54, 1.807) is 7.05 Å². The number of carbonyl (C=O) groups is 3. The number of rotatable bonds is 12. The van der Waals surface area contributed by atoms with E-state index < -0.39 is 18.1 Å². The van der Waals surface area contributed by atoms with E-state index in [9.17, 15) is 14.4 Å². The van der Waals surface area contributed by atoms with Gasteiger partial charge in [-0.05, 0) is 35.1 Å². The molecule has 0 aromatic heterocycles. The standard InChI is InChI=1S/C26H32N2O6/c1-28(15-8-7-13-24(29)30)25(31)23(14-16-33-2)27-26(32)34-17-22-20-11-5-3-9-18(20)19-10-4-6-12-21(19)22/h3-6,9-12,22-23H,7-8,13-17H2,1-2H3,(H,27,32)(H,29,30). The summed E-state index contributed by atoms with van der Waals surface area (Å²) in [6, 6.07) is 15.4. The SMILES string of the molecule is COCCC(NC(=O)OCC1c2ccccc2-c2ccccc21)C(=O)N(C)CCCCC(=O)O. The summed E-state index contributed by atoms with van der Waals surface area (Å²) in [6.07, 6.45) is 0.758. The molecule has 8 nitrogen and oxygen atoms in total. The van der Waals surface area contributed by atoms with Crippen molar-refractivity contribution in [2.45, 2.75) is 37.6 Å². The predicted molar refractivity (Wildman–Crippen MR) is 128 cm³/mol. The van der Waals surface area contributed by atoms with Crippen LogP contribution in [-0.4, -0.2) is 67.9 Å². The van der Waals surface area contributed by atoms with Crippen LogP contribution in [0, 0.1) is 0 Å². The summed E-state index contributed by atoms with van der Waals surface area (Å²) in [4.78, 5) is 37.7. The molecule has 8 heteroatoms. The number of likely N-dealkylation sites (N-methyl/N-ethyl adjacent to an activating group) is 1. The van der Waals surface area contributed by atoms with Crippen molar-refractivity contribution in [3.05, 3.63) is 59.7 Å². The van der Waals surface area contributed by atoms with Crippen molar-refractivity contribution in [1.29, 1.82) is 0 Å². The fraction of sp³-hybridized carbons (Fsp3) is 0.423. The first-order valence-corrected chi connectivity index (χ1v) is 11.5. The van der Waals surface area contributed by atoms with E-state index in [-0.39, 0.29) is 24.9 Å². The molecule has 1 unspecified atom stereocenters. The van der Waals surface area contributed by atoms with Gasteiger partial charge in [-0.3, -0.25) is 9.59 Å². The average Bonchev–Trinajstić information content (AvgIpc) is 3.16. The number of nitrogens with one attached hydrogen (secondary N) is 1. The Hall–Kier alpha value is -3.39. The number of benzene rings is 2. The van der Waals surface area contributed by atoms with E-state index in [0.29, 0.717) is 32.4 Å². The number of nitrogens with zero attached hydrogens (tertiary/aromatic N) is 1. The fourth-order valence-corrected chi connectivity index (χ4v) is 4.28. The molecule has 2 aromatic carbocycles. The lowest BCUT2D eigenvalue weighted by molar-refractivity contribution is -0.137. The number of fused-ring (bicyclic) bond motifs is 3. The molecule has 3 rings (SSSR count). The molecule has 34 heavy (non-hydrogen) atoms. The van der Waals surface area contributed by atoms with Gasteiger partial charge in [0.1, 0.15) is 12.6 Å². The minimum absolute atomic E-state index is 0.0626. The summed E-state index contributed by atoms with van der Waals surface area (Å²) in [5, 5.41) is 11.4. The van der Waals surface area contributed by atoms with Gasteiger partial charge in [0.05, 0.1) is 0 Å². The topological polar surface area (TPSA) is 105 Å². The monoisotopic (exact) mass is 468 g/mol. The lowest BCUT2D eigenvalue weighted by Crippen LogP contribution is -2.48. The van der Waals surface area contributed by atoms with Crippen LogP contribution < -0.4 is 5.32 Å². The Bertz CT molecular complexity index is 963. The molecule has 0 heterocycles. The van der Waals surface area contributed by atoms with E-state index in [0.717, 1.165) is 22.3 Å². The number of hydrogen-bond donors (Lipinski definition) is 2. The summed E-state index contributed by atoms with van der Waals surface area (Å²) in [5.74, 6) is -1.19. The molecule has 0 spiro atoms. The first-order valence-electron chi connectivity index (χ1n) is 11.5. The van der Waals surface area contributed by atoms with Crippen molar-refractivity contribution in [3.8, 4) is 11.1 Å². The molecular formula is C26H32N2O6. The molecule has 182 valence electrons. The molecule has 1 aliphatic carbocycles. The number of carboxylic acid groups (broad SMARTS) is 1. The van der Waals surface area contributed by atoms with Gasteiger partial charge >= 0.3 is 12.1 Å². The van der Waals surface area contributed by atoms with Crippen LogP contribution >= 0.6 is 0 Å². The summed E-state index contributed by atoms with van der Waals surface area (Å²) < 4.78 is 10.7. The number of hydrogen-bond acceptors (Lipinski definition) is 5. The number of carboxylic acids is 1. The van der Waals surface area contributed by atoms with Gasteiger partial charge in [-0.25, -0.2) is 4.79 Å². The Balaban J connectivity index is 1.58. The highest BCUT2D eigenvalue weighted by Gasteiger charge is 2.30. The van der Waals surface area contributed by atoms with Crippen LogP contribution in [0.1, 0.15) is 42.7 Å². The van der Waals surface area contributed by atoms with Crippen molar-refractivity contribution in [2.24, 2.45) is 0 Å². The lowest BCUT2D eigenvalue weighted by Gasteiger charge is -2.24. The molecule has 0 radical (unpaired) electrons. The van der Waals surface area contributed by atoms with Gasteiger partial charge in [-0.2, -0.15) is 0 Å². The summed E-state index contributed by atoms with van der Waals surface area (Å²) in [5.41, 5.74) is 4.52. The maximum absolute atomic E-state index is 12.9. The molecule has 2 amide bonds. The predicted octanol–water partition coefficient (Wildman–Crippen LogP) is 3.64. The van der Waals surface area contributed by atoms with Gasteiger partial charge < -0.3 is 24.8 Å². The van der Waals surface area contributed by atoms with Crippen molar-refractivity contribution in [3.63, 3.8) is 0 Å². The zero-order valence-corrected chi connectivity index (χ0v) is 19.7. The zero-order chi connectivity index (χ0) is 24.5. The van der Waals surface area contributed by atoms with Gasteiger partial charge in [0.15, 0.2) is 0 Å². The van der Waals surface area contributed by atoms with Crippen molar-refractivity contribution in [2.75, 3.05) is 33.9 Å². The number of amides is 2. The number of unbranched alkanes of at least 4 members (excludes halogenated alkanes) is 1. The van der Waals surface area contributed by atoms with Crippen molar-refractivity contribution < 1.29 is 29.0 Å². The second-order valence-electron chi connectivity index (χ2n) is 8.41. The third-order valence-electron chi connectivity index (χ3n) is 6.05. The van der Waals surface area contributed by atoms with E-state index >= 15 is 0 Å². The Morgan fingerprint density at radius 1 is 1.03 bits per heavy atom. The van der Waals surface area contributed by atoms with E-state index in [2.05, 4.69) is 17.4 Å². The second-order valence-corrected chi connectivity index (χ2v) is 8.41. The van der Waals surface area contributed by atoms with Crippen LogP contribution in [0.5, 0.6) is 0 Å². The molecule has 1 aliphatic rings. The van der Waals surface area contributed by atoms with Crippen LogP contribution in [0.4, 0.5) is 4.79 Å². The molecule has 0 aliphatic heterocycles. The number of carbonyl (C=O) groups excluding carboxylic acids is 2. The van der Waals surface area contributed by atoms with Gasteiger partial charge in [0, 0.05) is 46.1 Å². The number of alkyl carbamates (subject to hydrolysis) is 1. The van der Waals surface area contributed by atoms with Crippen molar-refractivity contribution in [1.82, 2.24) is 10.2 Å². The molecule has 2 N–H and O–H groups in total. The molecule has 0 saturated heterocycles. The molecule has 1 atom stereocenters. The largest absolute Gasteiger partial charge is 0.481 e. The van der Waals surface area contributed by atoms with Gasteiger partial charge in [0.25, 0.3) is 0 Å². The molecule has 0 bridgehead atoms. The zero-order valence-electron chi connectivity index (χ0n) is 19.7. The number of methoxy groups -OCH3 is 1. The second kappa shape index (κ2) is 12.2. The highest BCUT2D eigenvalue weighted by atomic mass is 16.5. The number of ether oxygens (including phenoxy) is 2. The van der Waals surface area contributed by atoms with Crippen LogP contribution in [0.3, 0.4) is 0 Å². The maximum Gasteiger partial charge on any atom is 0.407 e. The third-order valence-corrected chi connectivity index (χ3v) is 6.05. The average molecular weight is 469 g/mol. The van der Waals surface area contributed by atoms with Crippen LogP contribution in [-0.2, 0) is 19.1 Å². The quantitative estimate of drug-likeness (QED) is 0.461. The smallest absolute Gasteiger partial charge is 0.407 e. The van der Waals surface area contributed by atoms with Crippen LogP contribution in [0.25, 0.3) is 11.1 Å². The van der Waals surface area contributed by atoms with Crippen LogP contribution in [0.15, 0.2) is 48.5 Å². The Morgan fingerprint density at radius 2 is 1.65 bits per heavy atom. The van der Waals surface area contributed by atoms with E-state index in [4.69, 9.17) is 14.6 Å². The normalized spacial score (nSPS) is 13.0. The Kier molecular flexibility index (Phi) is 9.04. The summed E-state index contributed by atoms with van der Waals surface area (Å²) >= 11 is 0. The molecular weight excluding hydrogens is 436 g/mol. The van der Waals surface area contributed by atoms with Gasteiger partial charge in [-0.1, -0.05) is 48.5 Å². The third kappa shape index (κ3) is 6.35. The summed E-state index contributed by atoms with van der Waals surface area (Å²) in [6.45, 7) is 0.866. The minimum Gasteiger partial charge on any atom is -0.481 e. The molecule has 2 aromatic rings. The highest BCUT2D eigenvalue weighted by molar-refractivity contribution is 5.85. The van der Waals surface area contributed by atoms with Crippen LogP contribution in [0.2, 0.25) is 0 Å². The first-order chi connectivity index (χ1) is 16.4. The first kappa shape index (κ1) is 25.2. The van der Waals surface area contributed by atoms with Gasteiger partial charge in [-0.15, -0.1) is 0 Å². The van der Waals surface area contributed by atoms with E-state index in [1.807, 2.05) is 36.4 Å². The van der Waals surface area contributed by atoms with Crippen molar-refractivity contribution >= 4 is 18.0 Å². The Morgan fingerprint density at radius 3 is 2.24 bits per heavy atom. The van der Waals surface area contributed by atoms with E-state index in [1.165, 1.54) is 12.0 Å². The lowest BCUT2D eigenvalue weighted by atomic mass is 9.98. The highest BCUT2D eigenvalue weighted by Crippen LogP contribution is 2.44. The maximum atomic E-state index is 12.9. The number of aliphatic carboxylic acids is 1. The molecule has 0 fully saturated rings. The molecule has 0 saturated carbocycles. The minimum atomic E-state index is -0.858. The summed E-state index contributed by atoms with van der Waals surface area (Å²) in [7, 11) is 3.17. The Labute approximate surface area is 199 Å². The fourth-order valence-electron chi connectivity index (χ4n) is 4.28. The van der Waals surface area contributed by atoms with Gasteiger partial charge in [0.2, 0.25) is 5.91 Å².